The third kappa shape index (κ3) is 23.1. The number of aliphatic hydroxyl groups is 3. The SMILES string of the molecule is CNc1nc(N(C)C)c2ncn([C@@H]3O[C@H](COP(=O)(N[C@@H](C)C(=O)OC(C)C)Oc4ccccc4)[C@@H](O)[C@@]3(C)F)c2n1.CNc1nc(N(C)C)c2ncn([C@@H]3O[C@H](CO[P@@](=O)(N[C@@H](C)C(=O)OC(C)C)Oc4ccccc4)[C@@H](O)[C@@]3(C)F)c2n1.CNc1nc(N(C)C)c2ncn([C@@H]3O[C@H](CO[P@](=O)(N[C@@H](C)C(=O)OC(C)C)Oc4ccccc4)[C@@H](O)[C@@]3(C)F)c2n1. The fourth-order valence-electron chi connectivity index (χ4n) is 13.1. The molecule has 48 heteroatoms. The molecule has 0 aliphatic carbocycles. The molecule has 3 aromatic carbocycles. The Morgan fingerprint density at radius 3 is 0.857 bits per heavy atom. The molecule has 1 unspecified atom stereocenters. The van der Waals surface area contributed by atoms with Crippen molar-refractivity contribution in [3.63, 3.8) is 0 Å². The molecule has 690 valence electrons. The van der Waals surface area contributed by atoms with E-state index in [1.54, 1.807) is 211 Å². The number of carbonyl (C=O) groups is 3. The number of anilines is 6. The molecule has 126 heavy (non-hydrogen) atoms. The standard InChI is InChI=1S/3C26H37FN7O7P/c3*1-15(2)39-23(36)16(3)32-42(37,41-17-11-9-8-10-12-17)38-13-18-20(35)26(4,27)24(40-18)34-14-29-19-21(33(6)7)30-25(28-5)31-22(19)34/h3*8-12,14-16,18,20,24,35H,13H2,1-7H3,(H,32,37)(H,28,30,31)/t16-,18+,20+,24+,26+,42?;16-,18+,20+,24+,26+,42+;16-,18+,20+,24+,26+,42-/m000/s1. The van der Waals surface area contributed by atoms with Crippen LogP contribution in [0, 0.1) is 0 Å². The summed E-state index contributed by atoms with van der Waals surface area (Å²) in [6, 6.07) is 21.3. The van der Waals surface area contributed by atoms with Crippen LogP contribution >= 0.6 is 23.2 Å². The highest BCUT2D eigenvalue weighted by Gasteiger charge is 2.59. The highest BCUT2D eigenvalue weighted by atomic mass is 31.2. The zero-order valence-electron chi connectivity index (χ0n) is 73.5. The maximum Gasteiger partial charge on any atom is 0.459 e. The molecule has 9 N–H and O–H groups in total. The molecule has 9 heterocycles. The normalized spacial score (nSPS) is 24.4. The Morgan fingerprint density at radius 1 is 0.421 bits per heavy atom. The Kier molecular flexibility index (Phi) is 31.9. The molecule has 0 bridgehead atoms. The van der Waals surface area contributed by atoms with E-state index in [2.05, 4.69) is 76.1 Å². The van der Waals surface area contributed by atoms with Gasteiger partial charge in [0.05, 0.1) is 57.1 Å². The van der Waals surface area contributed by atoms with Gasteiger partial charge in [0.1, 0.15) is 72.0 Å². The van der Waals surface area contributed by atoms with Gasteiger partial charge in [0, 0.05) is 63.4 Å². The van der Waals surface area contributed by atoms with Crippen molar-refractivity contribution in [3.05, 3.63) is 110 Å². The van der Waals surface area contributed by atoms with Crippen LogP contribution in [0.15, 0.2) is 110 Å². The predicted molar refractivity (Wildman–Crippen MR) is 459 cm³/mol. The number of aromatic nitrogens is 12. The number of imidazole rings is 3. The van der Waals surface area contributed by atoms with Gasteiger partial charge in [-0.25, -0.2) is 41.8 Å². The summed E-state index contributed by atoms with van der Waals surface area (Å²) >= 11 is 0. The lowest BCUT2D eigenvalue weighted by molar-refractivity contribution is -0.150. The van der Waals surface area contributed by atoms with Gasteiger partial charge in [-0.3, -0.25) is 41.7 Å². The molecule has 3 aliphatic rings. The lowest BCUT2D eigenvalue weighted by Gasteiger charge is -2.25. The van der Waals surface area contributed by atoms with Crippen molar-refractivity contribution in [2.45, 2.75) is 192 Å². The number of nitrogens with one attached hydrogen (secondary N) is 6. The van der Waals surface area contributed by atoms with Crippen LogP contribution in [0.2, 0.25) is 0 Å². The molecule has 0 saturated carbocycles. The third-order valence-corrected chi connectivity index (χ3v) is 24.3. The minimum atomic E-state index is -4.28. The summed E-state index contributed by atoms with van der Waals surface area (Å²) in [5, 5.41) is 49.2. The Morgan fingerprint density at radius 2 is 0.651 bits per heavy atom. The van der Waals surface area contributed by atoms with Gasteiger partial charge >= 0.3 is 41.1 Å². The lowest BCUT2D eigenvalue weighted by atomic mass is 9.98. The first kappa shape index (κ1) is 98.1. The van der Waals surface area contributed by atoms with Crippen LogP contribution in [-0.4, -0.2) is 265 Å². The minimum absolute atomic E-state index is 0.195. The van der Waals surface area contributed by atoms with Crippen molar-refractivity contribution >= 4 is 110 Å². The molecule has 42 nitrogen and oxygen atoms in total. The number of hydrogen-bond acceptors (Lipinski definition) is 36. The number of ether oxygens (including phenoxy) is 6. The van der Waals surface area contributed by atoms with E-state index in [9.17, 15) is 43.4 Å². The molecule has 0 amide bonds. The zero-order valence-corrected chi connectivity index (χ0v) is 76.2. The maximum atomic E-state index is 16.1. The summed E-state index contributed by atoms with van der Waals surface area (Å²) in [4.78, 5) is 82.1. The monoisotopic (exact) mass is 1830 g/mol. The number of carbonyl (C=O) groups excluding carboxylic acids is 3. The first-order chi connectivity index (χ1) is 59.3. The molecule has 6 aromatic heterocycles. The second-order valence-electron chi connectivity index (χ2n) is 31.5. The maximum absolute atomic E-state index is 16.1. The van der Waals surface area contributed by atoms with E-state index >= 15 is 13.2 Å². The number of esters is 3. The van der Waals surface area contributed by atoms with Crippen LogP contribution in [0.3, 0.4) is 0 Å². The van der Waals surface area contributed by atoms with Gasteiger partial charge in [-0.1, -0.05) is 54.6 Å². The van der Waals surface area contributed by atoms with E-state index in [1.165, 1.54) is 74.2 Å². The van der Waals surface area contributed by atoms with Gasteiger partial charge < -0.3 is 88.0 Å². The summed E-state index contributed by atoms with van der Waals surface area (Å²) in [7, 11) is 2.83. The van der Waals surface area contributed by atoms with E-state index in [0.29, 0.717) is 34.0 Å². The van der Waals surface area contributed by atoms with Crippen molar-refractivity contribution in [1.29, 1.82) is 0 Å². The molecule has 18 atom stereocenters. The molecule has 3 aliphatic heterocycles. The molecule has 3 fully saturated rings. The second-order valence-corrected chi connectivity index (χ2v) is 36.6. The largest absolute Gasteiger partial charge is 0.462 e. The van der Waals surface area contributed by atoms with Gasteiger partial charge in [-0.15, -0.1) is 0 Å². The highest BCUT2D eigenvalue weighted by Crippen LogP contribution is 2.53. The van der Waals surface area contributed by atoms with Gasteiger partial charge in [-0.05, 0) is 119 Å². The quantitative estimate of drug-likeness (QED) is 0.0100. The van der Waals surface area contributed by atoms with Crippen LogP contribution in [0.1, 0.15) is 102 Å². The smallest absolute Gasteiger partial charge is 0.459 e. The molecule has 3 saturated heterocycles. The van der Waals surface area contributed by atoms with Crippen LogP contribution in [-0.2, 0) is 70.1 Å². The average Bonchev–Trinajstić information content (AvgIpc) is 1.60. The van der Waals surface area contributed by atoms with Gasteiger partial charge in [-0.2, -0.15) is 45.2 Å². The van der Waals surface area contributed by atoms with Crippen molar-refractivity contribution in [2.75, 3.05) is 114 Å². The fraction of sp³-hybridized carbons (Fsp3) is 0.538. The lowest BCUT2D eigenvalue weighted by Crippen LogP contribution is -2.41. The van der Waals surface area contributed by atoms with E-state index in [0.717, 1.165) is 0 Å². The number of fused-ring (bicyclic) bond motifs is 3. The number of nitrogens with zero attached hydrogens (tertiary/aromatic N) is 15. The highest BCUT2D eigenvalue weighted by molar-refractivity contribution is 7.52. The minimum Gasteiger partial charge on any atom is -0.462 e. The second kappa shape index (κ2) is 40.9. The summed E-state index contributed by atoms with van der Waals surface area (Å²) in [5.41, 5.74) is -4.97. The summed E-state index contributed by atoms with van der Waals surface area (Å²) < 4.78 is 161. The predicted octanol–water partition coefficient (Wildman–Crippen LogP) is 9.16. The first-order valence-electron chi connectivity index (χ1n) is 40.0. The number of rotatable bonds is 36. The Bertz CT molecular complexity index is 4830. The van der Waals surface area contributed by atoms with Gasteiger partial charge in [0.15, 0.2) is 86.6 Å². The number of benzene rings is 3. The Balaban J connectivity index is 0.000000197. The molecule has 0 radical (unpaired) electrons. The average molecular weight is 1830 g/mol. The van der Waals surface area contributed by atoms with Crippen LogP contribution in [0.4, 0.5) is 48.5 Å². The number of para-hydroxylation sites is 3. The van der Waals surface area contributed by atoms with E-state index in [1.807, 2.05) is 0 Å². The van der Waals surface area contributed by atoms with Crippen LogP contribution in [0.5, 0.6) is 17.2 Å². The van der Waals surface area contributed by atoms with Crippen molar-refractivity contribution < 1.29 is 112 Å². The molecular formula is C78H111F3N21O21P3. The molecular weight excluding hydrogens is 1720 g/mol. The number of hydrogen-bond donors (Lipinski definition) is 9. The molecule has 9 aromatic rings. The summed E-state index contributed by atoms with van der Waals surface area (Å²) in [5.74, 6) is 0.891. The number of halogens is 3. The molecule has 0 spiro atoms. The first-order valence-corrected chi connectivity index (χ1v) is 44.7. The Labute approximate surface area is 725 Å². The van der Waals surface area contributed by atoms with Crippen molar-refractivity contribution in [1.82, 2.24) is 73.8 Å². The van der Waals surface area contributed by atoms with Gasteiger partial charge in [0.2, 0.25) is 17.8 Å². The Hall–Kier alpha value is -10.1. The van der Waals surface area contributed by atoms with Crippen molar-refractivity contribution in [3.8, 4) is 17.2 Å². The van der Waals surface area contributed by atoms with Crippen LogP contribution in [0.25, 0.3) is 33.5 Å². The van der Waals surface area contributed by atoms with E-state index in [-0.39, 0.29) is 52.0 Å². The van der Waals surface area contributed by atoms with E-state index < -0.39 is 170 Å². The fourth-order valence-corrected chi connectivity index (χ4v) is 17.6. The van der Waals surface area contributed by atoms with E-state index in [4.69, 9.17) is 55.6 Å². The zero-order chi connectivity index (χ0) is 92.5. The third-order valence-electron chi connectivity index (χ3n) is 19.4. The molecule has 12 rings (SSSR count). The van der Waals surface area contributed by atoms with Crippen LogP contribution < -0.4 is 59.5 Å². The summed E-state index contributed by atoms with van der Waals surface area (Å²) in [6.07, 6.45) is -10.2. The van der Waals surface area contributed by atoms with Gasteiger partial charge in [0.25, 0.3) is 0 Å². The summed E-state index contributed by atoms with van der Waals surface area (Å²) in [6.45, 7) is 16.3. The van der Waals surface area contributed by atoms with Crippen molar-refractivity contribution in [2.24, 2.45) is 0 Å². The number of aliphatic hydroxyl groups excluding tert-OH is 3. The number of alkyl halides is 3. The topological polar surface area (TPSA) is 487 Å².